The number of sulfone groups is 1. The Morgan fingerprint density at radius 2 is 1.92 bits per heavy atom. The maximum absolute atomic E-state index is 13.9. The van der Waals surface area contributed by atoms with E-state index in [2.05, 4.69) is 20.6 Å². The van der Waals surface area contributed by atoms with Crippen molar-refractivity contribution in [2.75, 3.05) is 43.5 Å². The van der Waals surface area contributed by atoms with E-state index >= 15 is 0 Å². The fourth-order valence-electron chi connectivity index (χ4n) is 6.13. The number of likely N-dealkylation sites (tertiary alicyclic amines) is 1. The number of aromatic carboxylic acids is 1. The molecule has 0 unspecified atom stereocenters. The molecule has 4 aromatic rings. The first-order chi connectivity index (χ1) is 23.1. The van der Waals surface area contributed by atoms with Gasteiger partial charge in [-0.25, -0.2) is 28.0 Å². The first-order valence-corrected chi connectivity index (χ1v) is 18.5. The summed E-state index contributed by atoms with van der Waals surface area (Å²) in [5.74, 6) is -1.36. The van der Waals surface area contributed by atoms with E-state index in [-0.39, 0.29) is 45.6 Å². The maximum atomic E-state index is 13.9. The van der Waals surface area contributed by atoms with Crippen LogP contribution in [0.2, 0.25) is 0 Å². The molecule has 0 radical (unpaired) electrons. The number of amides is 2. The lowest BCUT2D eigenvalue weighted by atomic mass is 9.96. The van der Waals surface area contributed by atoms with Crippen LogP contribution in [0.15, 0.2) is 40.6 Å². The lowest BCUT2D eigenvalue weighted by molar-refractivity contribution is -0.140. The summed E-state index contributed by atoms with van der Waals surface area (Å²) in [6.07, 6.45) is -0.528. The number of carboxylic acid groups (broad SMARTS) is 1. The van der Waals surface area contributed by atoms with Crippen molar-refractivity contribution in [1.82, 2.24) is 24.8 Å². The summed E-state index contributed by atoms with van der Waals surface area (Å²) in [5, 5.41) is 16.3. The van der Waals surface area contributed by atoms with Crippen LogP contribution in [0.4, 0.5) is 23.8 Å². The van der Waals surface area contributed by atoms with E-state index < -0.39 is 39.1 Å². The zero-order valence-corrected chi connectivity index (χ0v) is 28.6. The Kier molecular flexibility index (Phi) is 10.5. The van der Waals surface area contributed by atoms with Crippen LogP contribution >= 0.6 is 11.3 Å². The number of benzene rings is 1. The number of nitrogens with zero attached hydrogens (tertiary/aromatic N) is 4. The van der Waals surface area contributed by atoms with Crippen LogP contribution in [0.25, 0.3) is 32.6 Å². The molecule has 1 atom stereocenters. The molecule has 3 N–H and O–H groups in total. The molecule has 262 valence electrons. The topological polar surface area (TPSA) is 164 Å². The highest BCUT2D eigenvalue weighted by Crippen LogP contribution is 2.39. The van der Waals surface area contributed by atoms with Crippen LogP contribution < -0.4 is 16.1 Å². The monoisotopic (exact) mass is 720 g/mol. The minimum Gasteiger partial charge on any atom is -0.477 e. The summed E-state index contributed by atoms with van der Waals surface area (Å²) in [7, 11) is -3.20. The molecule has 0 bridgehead atoms. The third-order valence-corrected chi connectivity index (χ3v) is 10.1. The molecule has 12 nitrogen and oxygen atoms in total. The lowest BCUT2D eigenvalue weighted by Gasteiger charge is -2.36. The quantitative estimate of drug-likeness (QED) is 0.198. The number of anilines is 1. The van der Waals surface area contributed by atoms with Gasteiger partial charge in [-0.2, -0.15) is 13.2 Å². The molecular weight excluding hydrogens is 686 g/mol. The minimum atomic E-state index is -4.69. The molecule has 2 amide bonds. The van der Waals surface area contributed by atoms with Crippen LogP contribution in [-0.2, 0) is 22.4 Å². The Labute approximate surface area is 283 Å². The summed E-state index contributed by atoms with van der Waals surface area (Å²) < 4.78 is 66.1. The molecule has 0 spiro atoms. The number of fused-ring (bicyclic) bond motifs is 1. The molecule has 4 heterocycles. The number of urea groups is 1. The van der Waals surface area contributed by atoms with Crippen LogP contribution in [0.5, 0.6) is 0 Å². The molecule has 1 aliphatic heterocycles. The number of hydrogen-bond donors (Lipinski definition) is 3. The number of halogens is 3. The third kappa shape index (κ3) is 7.94. The highest BCUT2D eigenvalue weighted by atomic mass is 32.2. The van der Waals surface area contributed by atoms with Gasteiger partial charge < -0.3 is 19.9 Å². The van der Waals surface area contributed by atoms with E-state index in [1.807, 2.05) is 9.47 Å². The Hall–Kier alpha value is -4.35. The first kappa shape index (κ1) is 35.9. The van der Waals surface area contributed by atoms with Crippen molar-refractivity contribution in [2.24, 2.45) is 0 Å². The Balaban J connectivity index is 1.68. The zero-order valence-electron chi connectivity index (χ0n) is 26.9. The van der Waals surface area contributed by atoms with Gasteiger partial charge in [-0.1, -0.05) is 13.0 Å². The van der Waals surface area contributed by atoms with Gasteiger partial charge in [0.15, 0.2) is 5.69 Å². The number of pyridine rings is 2. The number of carbonyl (C=O) groups excluding carboxylic acids is 1. The smallest absolute Gasteiger partial charge is 0.434 e. The molecule has 1 aromatic carbocycles. The standard InChI is InChI=1S/C32H35F3N6O6S2/c1-4-23-27(30(43)44)28(42)21-13-18(8-9-24(21)41(23)19-7-6-10-40(16-19)11-12-49(3,46)47)22-15-37-26(39-31(45)36-5-2)14-20(22)29-38-25(17-48-29)32(33,34)35/h8-9,13-15,17,19H,4-7,10-12,16H2,1-3H3,(H,43,44)(H2,36,37,39,45)/t19-/m1/s1. The second-order valence-corrected chi connectivity index (χ2v) is 14.9. The van der Waals surface area contributed by atoms with Crippen LogP contribution in [0.3, 0.4) is 0 Å². The average molecular weight is 721 g/mol. The molecule has 5 rings (SSSR count). The SMILES string of the molecule is CCNC(=O)Nc1cc(-c2nc(C(F)(F)F)cs2)c(-c2ccc3c(c2)c(=O)c(C(=O)O)c(CC)n3[C@@H]2CCCN(CCS(C)(=O)=O)C2)cn1. The Morgan fingerprint density at radius 1 is 1.16 bits per heavy atom. The predicted molar refractivity (Wildman–Crippen MR) is 181 cm³/mol. The van der Waals surface area contributed by atoms with E-state index in [0.717, 1.165) is 23.1 Å². The van der Waals surface area contributed by atoms with Gasteiger partial charge in [-0.05, 0) is 56.5 Å². The first-order valence-electron chi connectivity index (χ1n) is 15.5. The van der Waals surface area contributed by atoms with E-state index in [9.17, 15) is 41.1 Å². The van der Waals surface area contributed by atoms with Gasteiger partial charge in [0.1, 0.15) is 26.2 Å². The van der Waals surface area contributed by atoms with Crippen LogP contribution in [0.1, 0.15) is 54.5 Å². The van der Waals surface area contributed by atoms with E-state index in [0.29, 0.717) is 54.9 Å². The summed E-state index contributed by atoms with van der Waals surface area (Å²) >= 11 is 0.748. The van der Waals surface area contributed by atoms with Crippen LogP contribution in [-0.4, -0.2) is 83.1 Å². The molecule has 0 aliphatic carbocycles. The van der Waals surface area contributed by atoms with Crippen molar-refractivity contribution < 1.29 is 36.3 Å². The van der Waals surface area contributed by atoms with E-state index in [4.69, 9.17) is 0 Å². The minimum absolute atomic E-state index is 0.00914. The number of alkyl halides is 3. The molecule has 49 heavy (non-hydrogen) atoms. The second kappa shape index (κ2) is 14.2. The molecule has 1 aliphatic rings. The van der Waals surface area contributed by atoms with Crippen molar-refractivity contribution in [3.8, 4) is 21.7 Å². The molecule has 17 heteroatoms. The molecule has 1 fully saturated rings. The van der Waals surface area contributed by atoms with Crippen molar-refractivity contribution >= 4 is 49.9 Å². The van der Waals surface area contributed by atoms with Gasteiger partial charge in [0.25, 0.3) is 0 Å². The number of rotatable bonds is 10. The summed E-state index contributed by atoms with van der Waals surface area (Å²) in [5.41, 5.74) is -0.480. The normalized spacial score (nSPS) is 15.8. The number of carbonyl (C=O) groups is 2. The summed E-state index contributed by atoms with van der Waals surface area (Å²) in [6.45, 7) is 5.24. The highest BCUT2D eigenvalue weighted by Gasteiger charge is 2.34. The average Bonchev–Trinajstić information content (AvgIpc) is 3.55. The largest absolute Gasteiger partial charge is 0.477 e. The van der Waals surface area contributed by atoms with Gasteiger partial charge in [0, 0.05) is 65.7 Å². The van der Waals surface area contributed by atoms with Gasteiger partial charge >= 0.3 is 18.2 Å². The third-order valence-electron chi connectivity index (χ3n) is 8.30. The van der Waals surface area contributed by atoms with Crippen molar-refractivity contribution in [2.45, 2.75) is 45.3 Å². The number of hydrogen-bond acceptors (Lipinski definition) is 9. The fraction of sp³-hybridized carbons (Fsp3) is 0.406. The molecule has 0 saturated carbocycles. The number of thiazole rings is 1. The molecule has 1 saturated heterocycles. The number of piperidine rings is 1. The van der Waals surface area contributed by atoms with Gasteiger partial charge in [0.05, 0.1) is 11.3 Å². The molecular formula is C32H35F3N6O6S2. The van der Waals surface area contributed by atoms with Crippen molar-refractivity contribution in [1.29, 1.82) is 0 Å². The van der Waals surface area contributed by atoms with Crippen molar-refractivity contribution in [3.05, 3.63) is 63.0 Å². The predicted octanol–water partition coefficient (Wildman–Crippen LogP) is 5.29. The number of aromatic nitrogens is 3. The van der Waals surface area contributed by atoms with Crippen molar-refractivity contribution in [3.63, 3.8) is 0 Å². The van der Waals surface area contributed by atoms with E-state index in [1.165, 1.54) is 24.6 Å². The zero-order chi connectivity index (χ0) is 35.7. The maximum Gasteiger partial charge on any atom is 0.434 e. The Bertz CT molecular complexity index is 2080. The molecule has 3 aromatic heterocycles. The van der Waals surface area contributed by atoms with Gasteiger partial charge in [0.2, 0.25) is 5.43 Å². The van der Waals surface area contributed by atoms with Gasteiger partial charge in [-0.3, -0.25) is 10.1 Å². The fourth-order valence-corrected chi connectivity index (χ4v) is 7.58. The number of nitrogens with one attached hydrogen (secondary N) is 2. The Morgan fingerprint density at radius 3 is 2.55 bits per heavy atom. The highest BCUT2D eigenvalue weighted by molar-refractivity contribution is 7.90. The van der Waals surface area contributed by atoms with Crippen LogP contribution in [0, 0.1) is 0 Å². The number of carboxylic acids is 1. The summed E-state index contributed by atoms with van der Waals surface area (Å²) in [6, 6.07) is 5.42. The van der Waals surface area contributed by atoms with Gasteiger partial charge in [-0.15, -0.1) is 11.3 Å². The van der Waals surface area contributed by atoms with E-state index in [1.54, 1.807) is 26.0 Å². The lowest BCUT2D eigenvalue weighted by Crippen LogP contribution is -2.40. The second-order valence-electron chi connectivity index (χ2n) is 11.8. The summed E-state index contributed by atoms with van der Waals surface area (Å²) in [4.78, 5) is 48.7.